The first-order valence-electron chi connectivity index (χ1n) is 6.67. The van der Waals surface area contributed by atoms with Gasteiger partial charge in [0.25, 0.3) is 5.91 Å². The van der Waals surface area contributed by atoms with Gasteiger partial charge in [-0.15, -0.1) is 0 Å². The second-order valence-corrected chi connectivity index (χ2v) is 6.40. The van der Waals surface area contributed by atoms with Crippen LogP contribution in [0.4, 0.5) is 0 Å². The number of hydrogen-bond donors (Lipinski definition) is 0. The zero-order chi connectivity index (χ0) is 14.8. The average molecular weight is 271 g/mol. The minimum absolute atomic E-state index is 0.164. The zero-order valence-electron chi connectivity index (χ0n) is 12.8. The fourth-order valence-electron chi connectivity index (χ4n) is 2.06. The predicted molar refractivity (Wildman–Crippen MR) is 71.7 cm³/mol. The van der Waals surface area contributed by atoms with Crippen LogP contribution >= 0.6 is 0 Å². The van der Waals surface area contributed by atoms with Crippen molar-refractivity contribution in [3.05, 3.63) is 0 Å². The molecule has 5 nitrogen and oxygen atoms in total. The van der Waals surface area contributed by atoms with Gasteiger partial charge >= 0.3 is 5.97 Å². The zero-order valence-corrected chi connectivity index (χ0v) is 12.8. The molecule has 0 N–H and O–H groups in total. The van der Waals surface area contributed by atoms with Gasteiger partial charge in [0.05, 0.1) is 0 Å². The second-order valence-electron chi connectivity index (χ2n) is 6.40. The van der Waals surface area contributed by atoms with Crippen LogP contribution in [0.5, 0.6) is 0 Å². The number of ether oxygens (including phenoxy) is 2. The molecule has 110 valence electrons. The summed E-state index contributed by atoms with van der Waals surface area (Å²) in [5, 5.41) is 0. The molecular formula is C14H25NO4. The van der Waals surface area contributed by atoms with Crippen molar-refractivity contribution in [2.45, 2.75) is 64.7 Å². The standard InChI is InChI=1S/C14H25NO4/c1-13(2,3)19-11(16)10-8-7-9-15(10)12(17)14(4,5)18-6/h10H,7-9H2,1-6H3/t10-/m1/s1. The average Bonchev–Trinajstić information content (AvgIpc) is 2.74. The molecule has 1 aliphatic heterocycles. The Morgan fingerprint density at radius 2 is 1.74 bits per heavy atom. The molecule has 0 aromatic carbocycles. The molecule has 0 unspecified atom stereocenters. The lowest BCUT2D eigenvalue weighted by atomic mass is 10.1. The van der Waals surface area contributed by atoms with Crippen LogP contribution in [-0.2, 0) is 19.1 Å². The van der Waals surface area contributed by atoms with Gasteiger partial charge in [-0.25, -0.2) is 4.79 Å². The molecule has 0 saturated carbocycles. The SMILES string of the molecule is COC(C)(C)C(=O)N1CCC[C@@H]1C(=O)OC(C)(C)C. The van der Waals surface area contributed by atoms with Crippen molar-refractivity contribution in [1.29, 1.82) is 0 Å². The van der Waals surface area contributed by atoms with Crippen molar-refractivity contribution in [3.63, 3.8) is 0 Å². The van der Waals surface area contributed by atoms with Crippen LogP contribution in [0.2, 0.25) is 0 Å². The van der Waals surface area contributed by atoms with Gasteiger partial charge in [-0.05, 0) is 47.5 Å². The highest BCUT2D eigenvalue weighted by molar-refractivity contribution is 5.89. The van der Waals surface area contributed by atoms with Crippen molar-refractivity contribution in [3.8, 4) is 0 Å². The van der Waals surface area contributed by atoms with Gasteiger partial charge in [0.15, 0.2) is 0 Å². The third kappa shape index (κ3) is 3.93. The van der Waals surface area contributed by atoms with E-state index in [-0.39, 0.29) is 11.9 Å². The lowest BCUT2D eigenvalue weighted by Gasteiger charge is -2.32. The molecule has 0 aliphatic carbocycles. The van der Waals surface area contributed by atoms with E-state index >= 15 is 0 Å². The summed E-state index contributed by atoms with van der Waals surface area (Å²) < 4.78 is 10.6. The molecule has 19 heavy (non-hydrogen) atoms. The summed E-state index contributed by atoms with van der Waals surface area (Å²) in [7, 11) is 1.50. The third-order valence-corrected chi connectivity index (χ3v) is 3.22. The number of esters is 1. The first-order valence-corrected chi connectivity index (χ1v) is 6.67. The van der Waals surface area contributed by atoms with Crippen LogP contribution in [0, 0.1) is 0 Å². The van der Waals surface area contributed by atoms with Gasteiger partial charge in [-0.2, -0.15) is 0 Å². The van der Waals surface area contributed by atoms with E-state index in [9.17, 15) is 9.59 Å². The van der Waals surface area contributed by atoms with Crippen molar-refractivity contribution in [1.82, 2.24) is 4.90 Å². The van der Waals surface area contributed by atoms with Crippen molar-refractivity contribution >= 4 is 11.9 Å². The predicted octanol–water partition coefficient (Wildman–Crippen LogP) is 1.74. The van der Waals surface area contributed by atoms with Crippen LogP contribution in [0.15, 0.2) is 0 Å². The molecule has 5 heteroatoms. The van der Waals surface area contributed by atoms with Crippen LogP contribution in [0.1, 0.15) is 47.5 Å². The maximum atomic E-state index is 12.4. The molecule has 0 radical (unpaired) electrons. The first-order chi connectivity index (χ1) is 8.58. The summed E-state index contributed by atoms with van der Waals surface area (Å²) in [6.45, 7) is 9.47. The summed E-state index contributed by atoms with van der Waals surface area (Å²) in [5.74, 6) is -0.492. The van der Waals surface area contributed by atoms with E-state index in [0.29, 0.717) is 13.0 Å². The van der Waals surface area contributed by atoms with Crippen LogP contribution in [0.25, 0.3) is 0 Å². The number of nitrogens with zero attached hydrogens (tertiary/aromatic N) is 1. The summed E-state index contributed by atoms with van der Waals surface area (Å²) in [6.07, 6.45) is 1.47. The Balaban J connectivity index is 2.80. The van der Waals surface area contributed by atoms with E-state index in [1.165, 1.54) is 7.11 Å². The Labute approximate surface area is 115 Å². The van der Waals surface area contributed by atoms with Crippen molar-refractivity contribution in [2.75, 3.05) is 13.7 Å². The molecule has 1 fully saturated rings. The fourth-order valence-corrected chi connectivity index (χ4v) is 2.06. The van der Waals surface area contributed by atoms with Crippen LogP contribution in [-0.4, -0.2) is 47.7 Å². The van der Waals surface area contributed by atoms with E-state index in [0.717, 1.165) is 6.42 Å². The lowest BCUT2D eigenvalue weighted by molar-refractivity contribution is -0.167. The molecule has 0 bridgehead atoms. The van der Waals surface area contributed by atoms with E-state index in [1.54, 1.807) is 18.7 Å². The first kappa shape index (κ1) is 16.0. The fraction of sp³-hybridized carbons (Fsp3) is 0.857. The maximum Gasteiger partial charge on any atom is 0.329 e. The summed E-state index contributed by atoms with van der Waals surface area (Å²) in [5.41, 5.74) is -1.45. The van der Waals surface area contributed by atoms with Gasteiger partial charge in [0, 0.05) is 13.7 Å². The molecule has 1 amide bonds. The largest absolute Gasteiger partial charge is 0.458 e. The summed E-state index contributed by atoms with van der Waals surface area (Å²) >= 11 is 0. The Kier molecular flexibility index (Phi) is 4.61. The monoisotopic (exact) mass is 271 g/mol. The minimum Gasteiger partial charge on any atom is -0.458 e. The molecule has 1 saturated heterocycles. The highest BCUT2D eigenvalue weighted by atomic mass is 16.6. The Hall–Kier alpha value is -1.10. The van der Waals surface area contributed by atoms with E-state index < -0.39 is 17.2 Å². The normalized spacial score (nSPS) is 20.5. The molecule has 1 atom stereocenters. The van der Waals surface area contributed by atoms with Gasteiger partial charge in [0.1, 0.15) is 17.2 Å². The Morgan fingerprint density at radius 3 is 2.21 bits per heavy atom. The Bertz CT molecular complexity index is 357. The molecule has 0 aromatic heterocycles. The maximum absolute atomic E-state index is 12.4. The van der Waals surface area contributed by atoms with Crippen LogP contribution in [0.3, 0.4) is 0 Å². The Morgan fingerprint density at radius 1 is 1.16 bits per heavy atom. The molecule has 1 rings (SSSR count). The summed E-state index contributed by atoms with van der Waals surface area (Å²) in [4.78, 5) is 26.1. The van der Waals surface area contributed by atoms with Crippen LogP contribution < -0.4 is 0 Å². The minimum atomic E-state index is -0.912. The second kappa shape index (κ2) is 5.49. The number of rotatable bonds is 3. The third-order valence-electron chi connectivity index (χ3n) is 3.22. The lowest BCUT2D eigenvalue weighted by Crippen LogP contribution is -2.51. The van der Waals surface area contributed by atoms with Crippen molar-refractivity contribution in [2.24, 2.45) is 0 Å². The molecule has 0 aromatic rings. The topological polar surface area (TPSA) is 55.8 Å². The molecule has 1 aliphatic rings. The van der Waals surface area contributed by atoms with Gasteiger partial charge in [0.2, 0.25) is 0 Å². The highest BCUT2D eigenvalue weighted by Crippen LogP contribution is 2.25. The molecular weight excluding hydrogens is 246 g/mol. The molecule has 1 heterocycles. The number of methoxy groups -OCH3 is 1. The number of carbonyl (C=O) groups is 2. The highest BCUT2D eigenvalue weighted by Gasteiger charge is 2.42. The number of amides is 1. The summed E-state index contributed by atoms with van der Waals surface area (Å²) in [6, 6.07) is -0.485. The van der Waals surface area contributed by atoms with Gasteiger partial charge in [-0.3, -0.25) is 4.79 Å². The van der Waals surface area contributed by atoms with Crippen molar-refractivity contribution < 1.29 is 19.1 Å². The smallest absolute Gasteiger partial charge is 0.329 e. The van der Waals surface area contributed by atoms with Gasteiger partial charge in [-0.1, -0.05) is 0 Å². The number of likely N-dealkylation sites (tertiary alicyclic amines) is 1. The van der Waals surface area contributed by atoms with Gasteiger partial charge < -0.3 is 14.4 Å². The van der Waals surface area contributed by atoms with E-state index in [2.05, 4.69) is 0 Å². The number of carbonyl (C=O) groups excluding carboxylic acids is 2. The molecule has 0 spiro atoms. The number of hydrogen-bond acceptors (Lipinski definition) is 4. The van der Waals surface area contributed by atoms with E-state index in [1.807, 2.05) is 20.8 Å². The quantitative estimate of drug-likeness (QED) is 0.734. The van der Waals surface area contributed by atoms with E-state index in [4.69, 9.17) is 9.47 Å².